The number of halogens is 1. The van der Waals surface area contributed by atoms with Crippen LogP contribution >= 0.6 is 0 Å². The van der Waals surface area contributed by atoms with Gasteiger partial charge in [-0.25, -0.2) is 4.39 Å². The first-order valence-electron chi connectivity index (χ1n) is 12.6. The Labute approximate surface area is 216 Å². The van der Waals surface area contributed by atoms with Gasteiger partial charge >= 0.3 is 0 Å². The van der Waals surface area contributed by atoms with E-state index >= 15 is 0 Å². The largest absolute Gasteiger partial charge is 0.391 e. The monoisotopic (exact) mass is 510 g/mol. The number of aromatic nitrogens is 1. The van der Waals surface area contributed by atoms with Crippen molar-refractivity contribution in [3.63, 3.8) is 0 Å². The van der Waals surface area contributed by atoms with Gasteiger partial charge in [0, 0.05) is 30.3 Å². The first-order chi connectivity index (χ1) is 17.7. The summed E-state index contributed by atoms with van der Waals surface area (Å²) in [7, 11) is 3.17. The highest BCUT2D eigenvalue weighted by Crippen LogP contribution is 2.34. The molecule has 1 aromatic heterocycles. The molecule has 0 bridgehead atoms. The van der Waals surface area contributed by atoms with E-state index in [-0.39, 0.29) is 17.6 Å². The Morgan fingerprint density at radius 1 is 1.19 bits per heavy atom. The van der Waals surface area contributed by atoms with Crippen molar-refractivity contribution in [3.8, 4) is 11.3 Å². The third kappa shape index (κ3) is 5.53. The summed E-state index contributed by atoms with van der Waals surface area (Å²) in [6.07, 6.45) is -0.482. The molecule has 1 aliphatic rings. The molecule has 4 rings (SSSR count). The van der Waals surface area contributed by atoms with E-state index in [0.29, 0.717) is 19.4 Å². The molecule has 1 saturated heterocycles. The first-order valence-corrected chi connectivity index (χ1v) is 12.6. The van der Waals surface area contributed by atoms with Gasteiger partial charge in [0.05, 0.1) is 24.3 Å². The van der Waals surface area contributed by atoms with Gasteiger partial charge < -0.3 is 30.4 Å². The average molecular weight is 511 g/mol. The maximum atomic E-state index is 13.8. The summed E-state index contributed by atoms with van der Waals surface area (Å²) in [6.45, 7) is 3.81. The van der Waals surface area contributed by atoms with Gasteiger partial charge in [0.1, 0.15) is 11.9 Å². The Bertz CT molecular complexity index is 1240. The van der Waals surface area contributed by atoms with E-state index in [1.807, 2.05) is 24.3 Å². The number of methoxy groups -OCH3 is 1. The average Bonchev–Trinajstić information content (AvgIpc) is 3.46. The summed E-state index contributed by atoms with van der Waals surface area (Å²) >= 11 is 0. The van der Waals surface area contributed by atoms with Crippen LogP contribution in [0.25, 0.3) is 22.2 Å². The Hall–Kier alpha value is -3.27. The summed E-state index contributed by atoms with van der Waals surface area (Å²) in [4.78, 5) is 31.5. The predicted octanol–water partition coefficient (Wildman–Crippen LogP) is 2.61. The Morgan fingerprint density at radius 2 is 1.89 bits per heavy atom. The number of hydrogen-bond donors (Lipinski definition) is 4. The van der Waals surface area contributed by atoms with E-state index in [0.717, 1.165) is 27.7 Å². The maximum Gasteiger partial charge on any atom is 0.248 e. The third-order valence-corrected chi connectivity index (χ3v) is 7.38. The molecule has 3 aromatic rings. The molecule has 5 atom stereocenters. The first kappa shape index (κ1) is 26.8. The summed E-state index contributed by atoms with van der Waals surface area (Å²) < 4.78 is 19.1. The van der Waals surface area contributed by atoms with Crippen LogP contribution in [0.3, 0.4) is 0 Å². The molecule has 1 fully saturated rings. The number of benzene rings is 2. The number of ether oxygens (including phenoxy) is 1. The molecule has 2 amide bonds. The highest BCUT2D eigenvalue weighted by atomic mass is 19.1. The number of carbonyl (C=O) groups is 2. The number of nitrogens with zero attached hydrogens (tertiary/aromatic N) is 1. The molecule has 0 spiro atoms. The molecule has 0 saturated carbocycles. The third-order valence-electron chi connectivity index (χ3n) is 7.38. The van der Waals surface area contributed by atoms with Gasteiger partial charge in [0.25, 0.3) is 0 Å². The highest BCUT2D eigenvalue weighted by Gasteiger charge is 2.41. The molecule has 9 heteroatoms. The van der Waals surface area contributed by atoms with Crippen LogP contribution in [-0.4, -0.2) is 77.8 Å². The minimum absolute atomic E-state index is 0.296. The van der Waals surface area contributed by atoms with Gasteiger partial charge in [-0.3, -0.25) is 9.59 Å². The number of aliphatic hydroxyl groups is 1. The van der Waals surface area contributed by atoms with Crippen LogP contribution in [0.15, 0.2) is 48.5 Å². The van der Waals surface area contributed by atoms with Crippen molar-refractivity contribution in [1.29, 1.82) is 0 Å². The lowest BCUT2D eigenvalue weighted by Gasteiger charge is -2.33. The second-order valence-electron chi connectivity index (χ2n) is 9.63. The number of hydrogen-bond acceptors (Lipinski definition) is 5. The number of para-hydroxylation sites is 1. The lowest BCUT2D eigenvalue weighted by atomic mass is 9.96. The minimum Gasteiger partial charge on any atom is -0.391 e. The van der Waals surface area contributed by atoms with Gasteiger partial charge in [-0.15, -0.1) is 0 Å². The van der Waals surface area contributed by atoms with E-state index in [9.17, 15) is 19.1 Å². The minimum atomic E-state index is -0.902. The second-order valence-corrected chi connectivity index (χ2v) is 9.63. The van der Waals surface area contributed by atoms with Crippen LogP contribution in [0, 0.1) is 5.82 Å². The van der Waals surface area contributed by atoms with Crippen LogP contribution in [0.2, 0.25) is 0 Å². The summed E-state index contributed by atoms with van der Waals surface area (Å²) in [5, 5.41) is 17.7. The van der Waals surface area contributed by atoms with Gasteiger partial charge in [-0.1, -0.05) is 18.2 Å². The zero-order valence-electron chi connectivity index (χ0n) is 21.6. The Morgan fingerprint density at radius 3 is 2.57 bits per heavy atom. The molecule has 0 aliphatic carbocycles. The van der Waals surface area contributed by atoms with Crippen molar-refractivity contribution >= 4 is 22.7 Å². The number of amides is 2. The molecule has 8 nitrogen and oxygen atoms in total. The molecule has 198 valence electrons. The van der Waals surface area contributed by atoms with Crippen LogP contribution in [0.4, 0.5) is 4.39 Å². The van der Waals surface area contributed by atoms with E-state index in [2.05, 4.69) is 15.6 Å². The standard InChI is InChI=1S/C28H35FN4O4/c1-16(30-3)27(35)32-25(17(2)37-4)28(36)33-14-13-24(34)23(33)15-21-20-7-5-6-8-22(20)31-26(21)18-9-11-19(29)12-10-18/h5-12,16-17,23-25,30-31,34H,13-15H2,1-4H3,(H,32,35)/t16-,17?,23-,24?,25-/m0/s1. The van der Waals surface area contributed by atoms with Crippen molar-refractivity contribution in [2.24, 2.45) is 0 Å². The lowest BCUT2D eigenvalue weighted by molar-refractivity contribution is -0.141. The number of likely N-dealkylation sites (N-methyl/N-ethyl adjacent to an activating group) is 1. The van der Waals surface area contributed by atoms with E-state index in [1.54, 1.807) is 37.9 Å². The van der Waals surface area contributed by atoms with Crippen molar-refractivity contribution < 1.29 is 23.8 Å². The number of H-pyrrole nitrogens is 1. The lowest BCUT2D eigenvalue weighted by Crippen LogP contribution is -2.58. The molecular weight excluding hydrogens is 475 g/mol. The van der Waals surface area contributed by atoms with Crippen LogP contribution in [0.5, 0.6) is 0 Å². The molecule has 2 aromatic carbocycles. The predicted molar refractivity (Wildman–Crippen MR) is 140 cm³/mol. The number of aromatic amines is 1. The molecule has 2 heterocycles. The summed E-state index contributed by atoms with van der Waals surface area (Å²) in [5.41, 5.74) is 3.50. The number of rotatable bonds is 9. The maximum absolute atomic E-state index is 13.8. The molecular formula is C28H35FN4O4. The zero-order valence-corrected chi connectivity index (χ0v) is 21.6. The van der Waals surface area contributed by atoms with Crippen molar-refractivity contribution in [2.75, 3.05) is 20.7 Å². The van der Waals surface area contributed by atoms with E-state index in [4.69, 9.17) is 4.74 Å². The number of aliphatic hydroxyl groups excluding tert-OH is 1. The van der Waals surface area contributed by atoms with Gasteiger partial charge in [0.15, 0.2) is 0 Å². The van der Waals surface area contributed by atoms with Crippen molar-refractivity contribution in [3.05, 3.63) is 59.9 Å². The SMILES string of the molecule is CN[C@@H](C)C(=O)N[C@H](C(=O)N1CCC(O)[C@@H]1Cc1c(-c2ccc(F)cc2)[nH]c2ccccc12)C(C)OC. The summed E-state index contributed by atoms with van der Waals surface area (Å²) in [6, 6.07) is 12.2. The van der Waals surface area contributed by atoms with Gasteiger partial charge in [-0.05, 0) is 75.2 Å². The fourth-order valence-electron chi connectivity index (χ4n) is 4.95. The van der Waals surface area contributed by atoms with Gasteiger partial charge in [-0.2, -0.15) is 0 Å². The van der Waals surface area contributed by atoms with E-state index in [1.165, 1.54) is 19.2 Å². The Balaban J connectivity index is 1.68. The molecule has 2 unspecified atom stereocenters. The number of likely N-dealkylation sites (tertiary alicyclic amines) is 1. The van der Waals surface area contributed by atoms with Crippen molar-refractivity contribution in [1.82, 2.24) is 20.5 Å². The fraction of sp³-hybridized carbons (Fsp3) is 0.429. The highest BCUT2D eigenvalue weighted by molar-refractivity contribution is 5.92. The van der Waals surface area contributed by atoms with Gasteiger partial charge in [0.2, 0.25) is 11.8 Å². The smallest absolute Gasteiger partial charge is 0.248 e. The fourth-order valence-corrected chi connectivity index (χ4v) is 4.95. The number of fused-ring (bicyclic) bond motifs is 1. The topological polar surface area (TPSA) is 107 Å². The van der Waals surface area contributed by atoms with Crippen molar-refractivity contribution in [2.45, 2.75) is 57.0 Å². The normalized spacial score (nSPS) is 20.1. The molecule has 0 radical (unpaired) electrons. The Kier molecular flexibility index (Phi) is 8.26. The van der Waals surface area contributed by atoms with E-state index < -0.39 is 30.3 Å². The van der Waals surface area contributed by atoms with Crippen LogP contribution in [0.1, 0.15) is 25.8 Å². The van der Waals surface area contributed by atoms with Crippen LogP contribution < -0.4 is 10.6 Å². The quantitative estimate of drug-likeness (QED) is 0.354. The molecule has 1 aliphatic heterocycles. The summed E-state index contributed by atoms with van der Waals surface area (Å²) in [5.74, 6) is -0.927. The number of carbonyl (C=O) groups excluding carboxylic acids is 2. The molecule has 37 heavy (non-hydrogen) atoms. The number of nitrogens with one attached hydrogen (secondary N) is 3. The van der Waals surface area contributed by atoms with Crippen LogP contribution in [-0.2, 0) is 20.7 Å². The second kappa shape index (κ2) is 11.4. The zero-order chi connectivity index (χ0) is 26.7. The molecule has 4 N–H and O–H groups in total.